The smallest absolute Gasteiger partial charge is 0.344 e. The molecule has 5 aliphatic carbocycles. The molecule has 5 saturated carbocycles. The van der Waals surface area contributed by atoms with Gasteiger partial charge in [0.2, 0.25) is 0 Å². The second kappa shape index (κ2) is 10.5. The summed E-state index contributed by atoms with van der Waals surface area (Å²) in [6.45, 7) is 6.16. The molecule has 0 aromatic heterocycles. The van der Waals surface area contributed by atoms with E-state index >= 15 is 0 Å². The first-order valence-corrected chi connectivity index (χ1v) is 17.1. The number of Topliss-reactive ketones (excluding diaryl/α,β-unsaturated/α-hetero) is 1. The van der Waals surface area contributed by atoms with Crippen molar-refractivity contribution in [2.24, 2.45) is 34.0 Å². The molecule has 3 aliphatic heterocycles. The maximum atomic E-state index is 14.0. The SMILES string of the molecule is C=C1C(=O)[C@]23CC[C@H]1CC2C12CCC[C@@](C)(COC1=O)C2C[C@H]3OC(=O)COC(=O)CCCC[C@H]1SC[C@H]2NC(=O)N[C@H]21. The van der Waals surface area contributed by atoms with Crippen molar-refractivity contribution < 1.29 is 38.2 Å². The number of fused-ring (bicyclic) bond motifs is 3. The standard InChI is InChI=1S/C32H42N2O8S/c1-17-18-8-11-32(27(17)37)22(12-18)31-10-5-9-30(2,16-41-28(31)38)21(31)13-23(32)42-25(36)14-40-24(35)7-4-3-6-20-26-19(15-43-20)33-29(39)34-26/h18-23,26H,1,3-16H2,2H3,(H2,33,34,39)/t18-,19+,20+,21?,22?,23+,26+,30-,31?,32+/m0/s1. The van der Waals surface area contributed by atoms with Crippen molar-refractivity contribution in [3.8, 4) is 0 Å². The van der Waals surface area contributed by atoms with Crippen molar-refractivity contribution in [2.75, 3.05) is 19.0 Å². The van der Waals surface area contributed by atoms with Crippen LogP contribution in [0.5, 0.6) is 0 Å². The molecule has 10 atom stereocenters. The summed E-state index contributed by atoms with van der Waals surface area (Å²) >= 11 is 1.84. The number of esters is 3. The molecule has 11 heteroatoms. The average Bonchev–Trinajstić information content (AvgIpc) is 3.54. The monoisotopic (exact) mass is 614 g/mol. The topological polar surface area (TPSA) is 137 Å². The number of thioether (sulfide) groups is 1. The highest BCUT2D eigenvalue weighted by Gasteiger charge is 2.76. The summed E-state index contributed by atoms with van der Waals surface area (Å²) in [5.41, 5.74) is -1.35. The number of carbonyl (C=O) groups is 5. The Balaban J connectivity index is 0.982. The molecule has 3 saturated heterocycles. The summed E-state index contributed by atoms with van der Waals surface area (Å²) in [6, 6.07) is 0.203. The molecular weight excluding hydrogens is 572 g/mol. The first kappa shape index (κ1) is 29.2. The number of urea groups is 1. The highest BCUT2D eigenvalue weighted by molar-refractivity contribution is 8.00. The van der Waals surface area contributed by atoms with Crippen LogP contribution in [0.1, 0.15) is 77.6 Å². The Kier molecular flexibility index (Phi) is 7.13. The number of hydrogen-bond donors (Lipinski definition) is 2. The second-order valence-corrected chi connectivity index (χ2v) is 15.6. The molecule has 0 aromatic carbocycles. The highest BCUT2D eigenvalue weighted by atomic mass is 32.2. The Morgan fingerprint density at radius 2 is 1.88 bits per heavy atom. The highest BCUT2D eigenvalue weighted by Crippen LogP contribution is 2.73. The third-order valence-corrected chi connectivity index (χ3v) is 13.8. The molecule has 4 bridgehead atoms. The summed E-state index contributed by atoms with van der Waals surface area (Å²) in [7, 11) is 0. The Morgan fingerprint density at radius 1 is 1.05 bits per heavy atom. The fourth-order valence-corrected chi connectivity index (χ4v) is 11.8. The molecule has 8 fully saturated rings. The van der Waals surface area contributed by atoms with Crippen LogP contribution in [0.2, 0.25) is 0 Å². The Morgan fingerprint density at radius 3 is 2.72 bits per heavy atom. The van der Waals surface area contributed by atoms with Gasteiger partial charge in [-0.3, -0.25) is 14.4 Å². The van der Waals surface area contributed by atoms with Gasteiger partial charge in [0.15, 0.2) is 12.4 Å². The second-order valence-electron chi connectivity index (χ2n) is 14.3. The van der Waals surface area contributed by atoms with Crippen molar-refractivity contribution in [3.63, 3.8) is 0 Å². The number of carbonyl (C=O) groups excluding carboxylic acids is 5. The van der Waals surface area contributed by atoms with Crippen LogP contribution < -0.4 is 10.6 Å². The third kappa shape index (κ3) is 4.37. The van der Waals surface area contributed by atoms with E-state index in [0.717, 1.165) is 37.9 Å². The van der Waals surface area contributed by atoms with Gasteiger partial charge >= 0.3 is 23.9 Å². The average molecular weight is 615 g/mol. The van der Waals surface area contributed by atoms with Gasteiger partial charge in [-0.25, -0.2) is 9.59 Å². The van der Waals surface area contributed by atoms with Crippen molar-refractivity contribution in [1.29, 1.82) is 0 Å². The summed E-state index contributed by atoms with van der Waals surface area (Å²) in [5.74, 6) is -0.684. The van der Waals surface area contributed by atoms with Crippen LogP contribution in [0.25, 0.3) is 0 Å². The van der Waals surface area contributed by atoms with E-state index in [4.69, 9.17) is 14.2 Å². The number of cyclic esters (lactones) is 1. The van der Waals surface area contributed by atoms with Gasteiger partial charge in [-0.15, -0.1) is 0 Å². The van der Waals surface area contributed by atoms with Gasteiger partial charge < -0.3 is 24.8 Å². The normalized spacial score (nSPS) is 44.0. The van der Waals surface area contributed by atoms with Crippen LogP contribution >= 0.6 is 11.8 Å². The van der Waals surface area contributed by atoms with Crippen molar-refractivity contribution in [2.45, 2.75) is 101 Å². The van der Waals surface area contributed by atoms with E-state index in [1.807, 2.05) is 11.8 Å². The van der Waals surface area contributed by atoms with Gasteiger partial charge in [0.05, 0.1) is 29.5 Å². The van der Waals surface area contributed by atoms with Gasteiger partial charge in [0.25, 0.3) is 0 Å². The van der Waals surface area contributed by atoms with Crippen LogP contribution in [0.4, 0.5) is 4.79 Å². The Hall–Kier alpha value is -2.56. The van der Waals surface area contributed by atoms with Crippen LogP contribution in [0, 0.1) is 34.0 Å². The molecule has 0 aromatic rings. The minimum atomic E-state index is -0.984. The molecule has 3 unspecified atom stereocenters. The minimum absolute atomic E-state index is 0.0342. The van der Waals surface area contributed by atoms with Gasteiger partial charge in [-0.2, -0.15) is 11.8 Å². The zero-order chi connectivity index (χ0) is 30.1. The summed E-state index contributed by atoms with van der Waals surface area (Å²) < 4.78 is 17.3. The number of allylic oxidation sites excluding steroid dienone is 1. The molecule has 43 heavy (non-hydrogen) atoms. The van der Waals surface area contributed by atoms with Crippen LogP contribution in [-0.2, 0) is 33.4 Å². The molecule has 3 heterocycles. The lowest BCUT2D eigenvalue weighted by Crippen LogP contribution is -2.73. The van der Waals surface area contributed by atoms with Crippen LogP contribution in [0.15, 0.2) is 12.2 Å². The van der Waals surface area contributed by atoms with E-state index in [9.17, 15) is 24.0 Å². The quantitative estimate of drug-likeness (QED) is 0.138. The number of rotatable bonds is 8. The number of nitrogens with one attached hydrogen (secondary N) is 2. The predicted octanol–water partition coefficient (Wildman–Crippen LogP) is 3.46. The van der Waals surface area contributed by atoms with Gasteiger partial charge in [0, 0.05) is 22.8 Å². The van der Waals surface area contributed by atoms with E-state index in [-0.39, 0.29) is 59.5 Å². The van der Waals surface area contributed by atoms with Crippen LogP contribution in [-0.4, -0.2) is 72.1 Å². The van der Waals surface area contributed by atoms with E-state index < -0.39 is 35.5 Å². The lowest BCUT2D eigenvalue weighted by molar-refractivity contribution is -0.258. The lowest BCUT2D eigenvalue weighted by Gasteiger charge is -2.69. The van der Waals surface area contributed by atoms with Gasteiger partial charge in [0.1, 0.15) is 6.10 Å². The van der Waals surface area contributed by atoms with E-state index in [1.165, 1.54) is 0 Å². The van der Waals surface area contributed by atoms with E-state index in [1.54, 1.807) is 0 Å². The van der Waals surface area contributed by atoms with Crippen molar-refractivity contribution in [1.82, 2.24) is 10.6 Å². The molecule has 10 nitrogen and oxygen atoms in total. The fraction of sp³-hybridized carbons (Fsp3) is 0.781. The molecule has 8 aliphatic rings. The molecular formula is C32H42N2O8S. The largest absolute Gasteiger partial charge is 0.465 e. The number of amides is 2. The molecule has 2 amide bonds. The summed E-state index contributed by atoms with van der Waals surface area (Å²) in [6.07, 6.45) is 6.90. The molecule has 8 rings (SSSR count). The number of hydrogen-bond acceptors (Lipinski definition) is 9. The first-order valence-electron chi connectivity index (χ1n) is 16.0. The van der Waals surface area contributed by atoms with Crippen LogP contribution in [0.3, 0.4) is 0 Å². The first-order chi connectivity index (χ1) is 20.6. The minimum Gasteiger partial charge on any atom is -0.465 e. The zero-order valence-corrected chi connectivity index (χ0v) is 25.6. The number of unbranched alkanes of at least 4 members (excludes halogenated alkanes) is 1. The molecule has 234 valence electrons. The maximum Gasteiger partial charge on any atom is 0.344 e. The maximum absolute atomic E-state index is 14.0. The zero-order valence-electron chi connectivity index (χ0n) is 24.8. The van der Waals surface area contributed by atoms with Gasteiger partial charge in [-0.05, 0) is 74.7 Å². The molecule has 2 N–H and O–H groups in total. The van der Waals surface area contributed by atoms with Crippen molar-refractivity contribution in [3.05, 3.63) is 12.2 Å². The van der Waals surface area contributed by atoms with E-state index in [2.05, 4.69) is 24.1 Å². The Bertz CT molecular complexity index is 1270. The Labute approximate surface area is 256 Å². The third-order valence-electron chi connectivity index (χ3n) is 12.3. The van der Waals surface area contributed by atoms with Crippen molar-refractivity contribution >= 4 is 41.5 Å². The molecule has 1 spiro atoms. The fourth-order valence-electron chi connectivity index (χ4n) is 10.3. The number of ether oxygens (including phenoxy) is 3. The summed E-state index contributed by atoms with van der Waals surface area (Å²) in [4.78, 5) is 64.8. The van der Waals surface area contributed by atoms with E-state index in [0.29, 0.717) is 49.5 Å². The predicted molar refractivity (Wildman–Crippen MR) is 156 cm³/mol. The van der Waals surface area contributed by atoms with Gasteiger partial charge in [-0.1, -0.05) is 26.3 Å². The lowest BCUT2D eigenvalue weighted by atomic mass is 9.35. The summed E-state index contributed by atoms with van der Waals surface area (Å²) in [5, 5.41) is 6.24. The number of ketones is 1. The molecule has 0 radical (unpaired) electrons.